The predicted molar refractivity (Wildman–Crippen MR) is 76.5 cm³/mol. The minimum Gasteiger partial charge on any atom is -0.328 e. The molecule has 4 nitrogen and oxygen atoms in total. The van der Waals surface area contributed by atoms with Crippen molar-refractivity contribution in [1.29, 1.82) is 0 Å². The maximum Gasteiger partial charge on any atom is 0.176 e. The Hall–Kier alpha value is -0.940. The molecule has 1 aromatic rings. The highest BCUT2D eigenvalue weighted by Gasteiger charge is 2.42. The van der Waals surface area contributed by atoms with Crippen LogP contribution in [0.25, 0.3) is 0 Å². The number of Topliss-reactive ketones (excluding diaryl/α,β-unsaturated/α-hetero) is 2. The fourth-order valence-corrected chi connectivity index (χ4v) is 2.19. The molecule has 0 bridgehead atoms. The predicted octanol–water partition coefficient (Wildman–Crippen LogP) is 1.09. The van der Waals surface area contributed by atoms with Crippen molar-refractivity contribution in [2.24, 2.45) is 5.73 Å². The van der Waals surface area contributed by atoms with Gasteiger partial charge in [-0.05, 0) is 5.56 Å². The van der Waals surface area contributed by atoms with Crippen molar-refractivity contribution in [3.05, 3.63) is 35.9 Å². The first-order valence-corrected chi connectivity index (χ1v) is 6.85. The molecule has 0 saturated heterocycles. The lowest BCUT2D eigenvalue weighted by atomic mass is 9.90. The summed E-state index contributed by atoms with van der Waals surface area (Å²) in [4.78, 5) is 23.9. The molecule has 6 heteroatoms. The van der Waals surface area contributed by atoms with Gasteiger partial charge in [0.15, 0.2) is 17.1 Å². The molecule has 1 rings (SSSR count). The second kappa shape index (κ2) is 7.60. The van der Waals surface area contributed by atoms with Crippen LogP contribution in [0.15, 0.2) is 30.3 Å². The van der Waals surface area contributed by atoms with Gasteiger partial charge in [-0.1, -0.05) is 30.3 Å². The number of carbonyl (C=O) groups is 2. The van der Waals surface area contributed by atoms with E-state index in [1.807, 2.05) is 30.3 Å². The number of halogens is 2. The standard InChI is InChI=1S/C13H16Cl2N2O2/c14-6-11(18)13(9-16,12(19)7-15)17-8-10-4-2-1-3-5-10/h1-5,17H,6-9,16H2. The SMILES string of the molecule is NCC(NCc1ccccc1)(C(=O)CCl)C(=O)CCl. The summed E-state index contributed by atoms with van der Waals surface area (Å²) >= 11 is 11.1. The Kier molecular flexibility index (Phi) is 6.45. The zero-order chi connectivity index (χ0) is 14.3. The van der Waals surface area contributed by atoms with Crippen LogP contribution >= 0.6 is 23.2 Å². The summed E-state index contributed by atoms with van der Waals surface area (Å²) in [7, 11) is 0. The van der Waals surface area contributed by atoms with E-state index < -0.39 is 17.1 Å². The summed E-state index contributed by atoms with van der Waals surface area (Å²) in [6.07, 6.45) is 0. The first kappa shape index (κ1) is 16.1. The van der Waals surface area contributed by atoms with Crippen molar-refractivity contribution in [1.82, 2.24) is 5.32 Å². The van der Waals surface area contributed by atoms with Crippen molar-refractivity contribution >= 4 is 34.8 Å². The van der Waals surface area contributed by atoms with Gasteiger partial charge >= 0.3 is 0 Å². The number of ketones is 2. The molecular formula is C13H16Cl2N2O2. The van der Waals surface area contributed by atoms with Gasteiger partial charge in [-0.25, -0.2) is 0 Å². The smallest absolute Gasteiger partial charge is 0.176 e. The highest BCUT2D eigenvalue weighted by Crippen LogP contribution is 2.12. The summed E-state index contributed by atoms with van der Waals surface area (Å²) in [5.41, 5.74) is 5.04. The number of carbonyl (C=O) groups excluding carboxylic acids is 2. The molecule has 0 aliphatic carbocycles. The molecule has 0 radical (unpaired) electrons. The van der Waals surface area contributed by atoms with Crippen LogP contribution in [-0.2, 0) is 16.1 Å². The summed E-state index contributed by atoms with van der Waals surface area (Å²) < 4.78 is 0. The molecule has 19 heavy (non-hydrogen) atoms. The third-order valence-electron chi connectivity index (χ3n) is 2.94. The lowest BCUT2D eigenvalue weighted by Gasteiger charge is -2.29. The lowest BCUT2D eigenvalue weighted by Crippen LogP contribution is -2.63. The molecule has 0 fully saturated rings. The molecule has 0 amide bonds. The van der Waals surface area contributed by atoms with E-state index in [4.69, 9.17) is 28.9 Å². The van der Waals surface area contributed by atoms with Crippen LogP contribution in [0.3, 0.4) is 0 Å². The Morgan fingerprint density at radius 2 is 1.63 bits per heavy atom. The third-order valence-corrected chi connectivity index (χ3v) is 3.42. The van der Waals surface area contributed by atoms with Crippen LogP contribution in [0.5, 0.6) is 0 Å². The van der Waals surface area contributed by atoms with Gasteiger partial charge < -0.3 is 5.73 Å². The van der Waals surface area contributed by atoms with E-state index in [1.165, 1.54) is 0 Å². The van der Waals surface area contributed by atoms with Crippen LogP contribution in [-0.4, -0.2) is 35.4 Å². The number of hydrogen-bond donors (Lipinski definition) is 2. The van der Waals surface area contributed by atoms with E-state index in [-0.39, 0.29) is 18.3 Å². The van der Waals surface area contributed by atoms with Gasteiger partial charge in [0, 0.05) is 13.1 Å². The fraction of sp³-hybridized carbons (Fsp3) is 0.385. The zero-order valence-electron chi connectivity index (χ0n) is 10.4. The number of rotatable bonds is 8. The monoisotopic (exact) mass is 302 g/mol. The number of nitrogens with one attached hydrogen (secondary N) is 1. The first-order chi connectivity index (χ1) is 9.10. The van der Waals surface area contributed by atoms with Crippen LogP contribution in [0.2, 0.25) is 0 Å². The maximum absolute atomic E-state index is 11.9. The van der Waals surface area contributed by atoms with Crippen molar-refractivity contribution in [3.8, 4) is 0 Å². The second-order valence-corrected chi connectivity index (χ2v) is 4.60. The van der Waals surface area contributed by atoms with Crippen molar-refractivity contribution in [2.45, 2.75) is 12.1 Å². The van der Waals surface area contributed by atoms with E-state index >= 15 is 0 Å². The van der Waals surface area contributed by atoms with E-state index in [0.717, 1.165) is 5.56 Å². The van der Waals surface area contributed by atoms with Crippen LogP contribution in [0, 0.1) is 0 Å². The van der Waals surface area contributed by atoms with Crippen molar-refractivity contribution in [3.63, 3.8) is 0 Å². The molecule has 0 spiro atoms. The molecule has 0 unspecified atom stereocenters. The molecule has 0 saturated carbocycles. The highest BCUT2D eigenvalue weighted by molar-refractivity contribution is 6.36. The van der Waals surface area contributed by atoms with Crippen LogP contribution < -0.4 is 11.1 Å². The summed E-state index contributed by atoms with van der Waals surface area (Å²) in [5.74, 6) is -1.50. The first-order valence-electron chi connectivity index (χ1n) is 5.78. The molecule has 0 aromatic heterocycles. The van der Waals surface area contributed by atoms with Gasteiger partial charge in [0.25, 0.3) is 0 Å². The normalized spacial score (nSPS) is 11.3. The Balaban J connectivity index is 2.91. The maximum atomic E-state index is 11.9. The van der Waals surface area contributed by atoms with Crippen molar-refractivity contribution in [2.75, 3.05) is 18.3 Å². The minimum absolute atomic E-state index is 0.170. The number of alkyl halides is 2. The summed E-state index contributed by atoms with van der Waals surface area (Å²) in [5, 5.41) is 2.91. The third kappa shape index (κ3) is 3.76. The molecule has 0 heterocycles. The molecule has 0 aliphatic heterocycles. The molecule has 3 N–H and O–H groups in total. The Labute approximate surface area is 122 Å². The quantitative estimate of drug-likeness (QED) is 0.557. The lowest BCUT2D eigenvalue weighted by molar-refractivity contribution is -0.133. The topological polar surface area (TPSA) is 72.2 Å². The Morgan fingerprint density at radius 3 is 2.05 bits per heavy atom. The highest BCUT2D eigenvalue weighted by atomic mass is 35.5. The van der Waals surface area contributed by atoms with Crippen LogP contribution in [0.4, 0.5) is 0 Å². The fourth-order valence-electron chi connectivity index (χ4n) is 1.73. The molecule has 1 aromatic carbocycles. The Morgan fingerprint density at radius 1 is 1.11 bits per heavy atom. The van der Waals surface area contributed by atoms with Gasteiger partial charge in [0.05, 0.1) is 11.8 Å². The van der Waals surface area contributed by atoms with Crippen LogP contribution in [0.1, 0.15) is 5.56 Å². The van der Waals surface area contributed by atoms with E-state index in [0.29, 0.717) is 6.54 Å². The van der Waals surface area contributed by atoms with Crippen molar-refractivity contribution < 1.29 is 9.59 Å². The van der Waals surface area contributed by atoms with Gasteiger partial charge in [-0.2, -0.15) is 0 Å². The van der Waals surface area contributed by atoms with Gasteiger partial charge in [-0.3, -0.25) is 14.9 Å². The van der Waals surface area contributed by atoms with E-state index in [2.05, 4.69) is 5.32 Å². The van der Waals surface area contributed by atoms with E-state index in [9.17, 15) is 9.59 Å². The van der Waals surface area contributed by atoms with Gasteiger partial charge in [-0.15, -0.1) is 23.2 Å². The second-order valence-electron chi connectivity index (χ2n) is 4.06. The van der Waals surface area contributed by atoms with E-state index in [1.54, 1.807) is 0 Å². The van der Waals surface area contributed by atoms with Gasteiger partial charge in [0.2, 0.25) is 0 Å². The molecule has 0 atom stereocenters. The number of nitrogens with two attached hydrogens (primary N) is 1. The average Bonchev–Trinajstić information content (AvgIpc) is 2.48. The van der Waals surface area contributed by atoms with Gasteiger partial charge in [0.1, 0.15) is 0 Å². The largest absolute Gasteiger partial charge is 0.328 e. The zero-order valence-corrected chi connectivity index (χ0v) is 11.9. The minimum atomic E-state index is -1.50. The summed E-state index contributed by atoms with van der Waals surface area (Å²) in [6, 6.07) is 9.38. The molecular weight excluding hydrogens is 287 g/mol. The Bertz CT molecular complexity index is 422. The molecule has 0 aliphatic rings. The number of benzene rings is 1. The molecule has 104 valence electrons. The number of hydrogen-bond acceptors (Lipinski definition) is 4. The average molecular weight is 303 g/mol. The summed E-state index contributed by atoms with van der Waals surface area (Å²) in [6.45, 7) is 0.167.